The van der Waals surface area contributed by atoms with Crippen molar-refractivity contribution < 1.29 is 0 Å². The van der Waals surface area contributed by atoms with Crippen LogP contribution in [0.4, 0.5) is 0 Å². The number of amidine groups is 1. The van der Waals surface area contributed by atoms with Gasteiger partial charge in [-0.1, -0.05) is 48.0 Å². The van der Waals surface area contributed by atoms with Crippen molar-refractivity contribution in [3.05, 3.63) is 59.1 Å². The Hall–Kier alpha value is -1.80. The molecular weight excluding hydrogens is 220 g/mol. The monoisotopic (exact) mass is 230 g/mol. The van der Waals surface area contributed by atoms with Gasteiger partial charge < -0.3 is 5.73 Å². The van der Waals surface area contributed by atoms with Crippen LogP contribution in [0.1, 0.15) is 5.56 Å². The van der Waals surface area contributed by atoms with Gasteiger partial charge in [0.15, 0.2) is 0 Å². The lowest BCUT2D eigenvalue weighted by molar-refractivity contribution is 1.42. The number of nitrogen functional groups attached to an aromatic ring is 1. The lowest BCUT2D eigenvalue weighted by Gasteiger charge is -2.03. The molecule has 0 aliphatic carbocycles. The summed E-state index contributed by atoms with van der Waals surface area (Å²) in [7, 11) is 0. The molecule has 0 aliphatic heterocycles. The average Bonchev–Trinajstić information content (AvgIpc) is 2.29. The number of hydrogen-bond donors (Lipinski definition) is 2. The van der Waals surface area contributed by atoms with E-state index in [9.17, 15) is 0 Å². The third-order valence-corrected chi connectivity index (χ3v) is 2.59. The van der Waals surface area contributed by atoms with Gasteiger partial charge in [0.25, 0.3) is 0 Å². The van der Waals surface area contributed by atoms with Crippen LogP contribution in [0.5, 0.6) is 0 Å². The maximum Gasteiger partial charge on any atom is 0.122 e. The number of halogens is 1. The molecule has 0 aliphatic rings. The zero-order chi connectivity index (χ0) is 11.5. The maximum absolute atomic E-state index is 7.30. The summed E-state index contributed by atoms with van der Waals surface area (Å²) in [5.74, 6) is 0.0812. The molecule has 0 atom stereocenters. The quantitative estimate of drug-likeness (QED) is 0.604. The van der Waals surface area contributed by atoms with Crippen molar-refractivity contribution in [3.63, 3.8) is 0 Å². The summed E-state index contributed by atoms with van der Waals surface area (Å²) in [6.07, 6.45) is 0. The molecule has 0 saturated heterocycles. The molecule has 2 aromatic carbocycles. The lowest BCUT2D eigenvalue weighted by Crippen LogP contribution is -2.10. The summed E-state index contributed by atoms with van der Waals surface area (Å²) in [6, 6.07) is 15.2. The van der Waals surface area contributed by atoms with E-state index >= 15 is 0 Å². The number of nitrogens with two attached hydrogens (primary N) is 1. The molecule has 0 bridgehead atoms. The van der Waals surface area contributed by atoms with Crippen LogP contribution < -0.4 is 5.73 Å². The first kappa shape index (κ1) is 10.7. The summed E-state index contributed by atoms with van der Waals surface area (Å²) in [6.45, 7) is 0. The van der Waals surface area contributed by atoms with Crippen molar-refractivity contribution in [2.24, 2.45) is 5.73 Å². The second-order valence-electron chi connectivity index (χ2n) is 3.50. The predicted octanol–water partition coefficient (Wildman–Crippen LogP) is 3.29. The van der Waals surface area contributed by atoms with Crippen molar-refractivity contribution in [1.29, 1.82) is 5.41 Å². The minimum absolute atomic E-state index is 0.0812. The van der Waals surface area contributed by atoms with Gasteiger partial charge in [0.05, 0.1) is 0 Å². The zero-order valence-corrected chi connectivity index (χ0v) is 9.33. The Bertz CT molecular complexity index is 518. The minimum atomic E-state index is 0.0812. The van der Waals surface area contributed by atoms with Gasteiger partial charge in [0.2, 0.25) is 0 Å². The highest BCUT2D eigenvalue weighted by atomic mass is 35.5. The molecule has 3 N–H and O–H groups in total. The Labute approximate surface area is 99.2 Å². The highest BCUT2D eigenvalue weighted by Crippen LogP contribution is 2.22. The first-order valence-electron chi connectivity index (χ1n) is 4.87. The van der Waals surface area contributed by atoms with Crippen LogP contribution in [0.2, 0.25) is 5.02 Å². The Morgan fingerprint density at radius 3 is 2.25 bits per heavy atom. The Kier molecular flexibility index (Phi) is 2.93. The summed E-state index contributed by atoms with van der Waals surface area (Å²) in [4.78, 5) is 0. The zero-order valence-electron chi connectivity index (χ0n) is 8.57. The van der Waals surface area contributed by atoms with Crippen LogP contribution in [-0.2, 0) is 0 Å². The molecule has 0 spiro atoms. The van der Waals surface area contributed by atoms with E-state index in [4.69, 9.17) is 22.7 Å². The molecule has 80 valence electrons. The Morgan fingerprint density at radius 2 is 1.69 bits per heavy atom. The van der Waals surface area contributed by atoms with E-state index in [0.29, 0.717) is 5.02 Å². The van der Waals surface area contributed by atoms with Crippen molar-refractivity contribution in [2.45, 2.75) is 0 Å². The van der Waals surface area contributed by atoms with Gasteiger partial charge in [-0.15, -0.1) is 0 Å². The predicted molar refractivity (Wildman–Crippen MR) is 67.9 cm³/mol. The molecule has 16 heavy (non-hydrogen) atoms. The number of nitrogens with one attached hydrogen (secondary N) is 1. The Morgan fingerprint density at radius 1 is 1.00 bits per heavy atom. The van der Waals surface area contributed by atoms with Crippen LogP contribution in [0.15, 0.2) is 48.5 Å². The van der Waals surface area contributed by atoms with Crippen LogP contribution in [-0.4, -0.2) is 5.84 Å². The lowest BCUT2D eigenvalue weighted by atomic mass is 10.0. The van der Waals surface area contributed by atoms with Gasteiger partial charge in [0.1, 0.15) is 5.84 Å². The molecule has 0 saturated carbocycles. The standard InChI is InChI=1S/C13H11ClN2/c14-12-3-1-2-11(8-12)9-4-6-10(7-5-9)13(15)16/h1-8H,(H3,15,16). The topological polar surface area (TPSA) is 49.9 Å². The first-order valence-corrected chi connectivity index (χ1v) is 5.25. The number of rotatable bonds is 2. The van der Waals surface area contributed by atoms with E-state index in [1.54, 1.807) is 0 Å². The second-order valence-corrected chi connectivity index (χ2v) is 3.94. The van der Waals surface area contributed by atoms with E-state index < -0.39 is 0 Å². The SMILES string of the molecule is N=C(N)c1ccc(-c2cccc(Cl)c2)cc1. The molecule has 0 amide bonds. The van der Waals surface area contributed by atoms with E-state index in [1.165, 1.54) is 0 Å². The second kappa shape index (κ2) is 4.37. The third-order valence-electron chi connectivity index (χ3n) is 2.35. The normalized spacial score (nSPS) is 10.1. The molecule has 3 heteroatoms. The molecule has 2 aromatic rings. The van der Waals surface area contributed by atoms with Gasteiger partial charge in [-0.05, 0) is 23.3 Å². The molecule has 2 nitrogen and oxygen atoms in total. The smallest absolute Gasteiger partial charge is 0.122 e. The Balaban J connectivity index is 2.38. The number of hydrogen-bond acceptors (Lipinski definition) is 1. The van der Waals surface area contributed by atoms with Crippen molar-refractivity contribution >= 4 is 17.4 Å². The highest BCUT2D eigenvalue weighted by molar-refractivity contribution is 6.30. The van der Waals surface area contributed by atoms with Gasteiger partial charge in [-0.2, -0.15) is 0 Å². The van der Waals surface area contributed by atoms with Crippen LogP contribution in [0, 0.1) is 5.41 Å². The summed E-state index contributed by atoms with van der Waals surface area (Å²) in [5.41, 5.74) is 8.24. The molecular formula is C13H11ClN2. The molecule has 0 radical (unpaired) electrons. The van der Waals surface area contributed by atoms with E-state index in [-0.39, 0.29) is 5.84 Å². The van der Waals surface area contributed by atoms with Crippen LogP contribution >= 0.6 is 11.6 Å². The summed E-state index contributed by atoms with van der Waals surface area (Å²) >= 11 is 5.92. The van der Waals surface area contributed by atoms with E-state index in [2.05, 4.69) is 0 Å². The molecule has 0 fully saturated rings. The van der Waals surface area contributed by atoms with Crippen molar-refractivity contribution in [2.75, 3.05) is 0 Å². The molecule has 0 heterocycles. The number of benzene rings is 2. The molecule has 0 aromatic heterocycles. The fourth-order valence-corrected chi connectivity index (χ4v) is 1.70. The average molecular weight is 231 g/mol. The highest BCUT2D eigenvalue weighted by Gasteiger charge is 2.00. The minimum Gasteiger partial charge on any atom is -0.384 e. The summed E-state index contributed by atoms with van der Waals surface area (Å²) < 4.78 is 0. The van der Waals surface area contributed by atoms with Crippen molar-refractivity contribution in [3.8, 4) is 11.1 Å². The first-order chi connectivity index (χ1) is 7.66. The fraction of sp³-hybridized carbons (Fsp3) is 0. The fourth-order valence-electron chi connectivity index (χ4n) is 1.51. The van der Waals surface area contributed by atoms with E-state index in [0.717, 1.165) is 16.7 Å². The molecule has 2 rings (SSSR count). The summed E-state index contributed by atoms with van der Waals surface area (Å²) in [5, 5.41) is 8.02. The van der Waals surface area contributed by atoms with Gasteiger partial charge in [-0.25, -0.2) is 0 Å². The van der Waals surface area contributed by atoms with Crippen LogP contribution in [0.25, 0.3) is 11.1 Å². The molecule has 0 unspecified atom stereocenters. The van der Waals surface area contributed by atoms with Gasteiger partial charge in [-0.3, -0.25) is 5.41 Å². The van der Waals surface area contributed by atoms with Crippen LogP contribution in [0.3, 0.4) is 0 Å². The largest absolute Gasteiger partial charge is 0.384 e. The van der Waals surface area contributed by atoms with Crippen molar-refractivity contribution in [1.82, 2.24) is 0 Å². The maximum atomic E-state index is 7.30. The van der Waals surface area contributed by atoms with Gasteiger partial charge >= 0.3 is 0 Å². The third kappa shape index (κ3) is 2.23. The van der Waals surface area contributed by atoms with Gasteiger partial charge in [0, 0.05) is 10.6 Å². The van der Waals surface area contributed by atoms with E-state index in [1.807, 2.05) is 48.5 Å².